The Labute approximate surface area is 113 Å². The molecule has 8 nitrogen and oxygen atoms in total. The summed E-state index contributed by atoms with van der Waals surface area (Å²) in [4.78, 5) is 27.8. The number of anilines is 1. The van der Waals surface area contributed by atoms with Crippen molar-refractivity contribution in [3.8, 4) is 0 Å². The number of H-pyrrole nitrogens is 1. The van der Waals surface area contributed by atoms with Gasteiger partial charge in [-0.3, -0.25) is 19.2 Å². The molecule has 2 aromatic heterocycles. The molecule has 0 spiro atoms. The van der Waals surface area contributed by atoms with Crippen molar-refractivity contribution in [2.24, 2.45) is 7.05 Å². The standard InChI is InChI=1S/C12H12N6O2/c1-17-8-4-2-3-5-9(8)18(12(17)20)6-10(19)15-11-13-7-14-16-11/h2-5,7H,6H2,1H3,(H2,13,14,15,16,19). The van der Waals surface area contributed by atoms with Crippen LogP contribution in [0.3, 0.4) is 0 Å². The van der Waals surface area contributed by atoms with Gasteiger partial charge in [0.2, 0.25) is 11.9 Å². The van der Waals surface area contributed by atoms with Crippen LogP contribution in [0, 0.1) is 0 Å². The van der Waals surface area contributed by atoms with E-state index in [1.165, 1.54) is 15.5 Å². The zero-order valence-corrected chi connectivity index (χ0v) is 10.7. The van der Waals surface area contributed by atoms with E-state index in [-0.39, 0.29) is 24.1 Å². The first kappa shape index (κ1) is 12.2. The monoisotopic (exact) mass is 272 g/mol. The van der Waals surface area contributed by atoms with Crippen LogP contribution in [0.4, 0.5) is 5.95 Å². The Balaban J connectivity index is 1.93. The van der Waals surface area contributed by atoms with Crippen LogP contribution >= 0.6 is 0 Å². The van der Waals surface area contributed by atoms with Crippen LogP contribution in [-0.4, -0.2) is 30.2 Å². The summed E-state index contributed by atoms with van der Waals surface area (Å²) in [7, 11) is 1.68. The normalized spacial score (nSPS) is 10.8. The van der Waals surface area contributed by atoms with Crippen LogP contribution in [0.15, 0.2) is 35.4 Å². The molecule has 2 heterocycles. The van der Waals surface area contributed by atoms with E-state index in [2.05, 4.69) is 20.5 Å². The summed E-state index contributed by atoms with van der Waals surface area (Å²) in [6.45, 7) is -0.0825. The van der Waals surface area contributed by atoms with Crippen LogP contribution in [0.1, 0.15) is 0 Å². The lowest BCUT2D eigenvalue weighted by Crippen LogP contribution is -2.28. The summed E-state index contributed by atoms with van der Waals surface area (Å²) >= 11 is 0. The number of fused-ring (bicyclic) bond motifs is 1. The second-order valence-electron chi connectivity index (χ2n) is 4.30. The summed E-state index contributed by atoms with van der Waals surface area (Å²) in [6, 6.07) is 7.31. The number of carbonyl (C=O) groups is 1. The van der Waals surface area contributed by atoms with Gasteiger partial charge < -0.3 is 0 Å². The summed E-state index contributed by atoms with van der Waals surface area (Å²) in [5, 5.41) is 8.69. The highest BCUT2D eigenvalue weighted by molar-refractivity contribution is 5.90. The van der Waals surface area contributed by atoms with Crippen LogP contribution in [-0.2, 0) is 18.4 Å². The number of hydrogen-bond donors (Lipinski definition) is 2. The minimum Gasteiger partial charge on any atom is -0.295 e. The molecular formula is C12H12N6O2. The topological polar surface area (TPSA) is 97.6 Å². The molecule has 0 atom stereocenters. The van der Waals surface area contributed by atoms with Crippen molar-refractivity contribution in [2.45, 2.75) is 6.54 Å². The van der Waals surface area contributed by atoms with Gasteiger partial charge in [-0.2, -0.15) is 10.1 Å². The highest BCUT2D eigenvalue weighted by Gasteiger charge is 2.13. The van der Waals surface area contributed by atoms with Gasteiger partial charge in [-0.1, -0.05) is 12.1 Å². The van der Waals surface area contributed by atoms with E-state index >= 15 is 0 Å². The number of benzene rings is 1. The summed E-state index contributed by atoms with van der Waals surface area (Å²) in [5.74, 6) is -0.0940. The lowest BCUT2D eigenvalue weighted by Gasteiger charge is -2.03. The molecule has 0 aliphatic heterocycles. The Bertz CT molecular complexity index is 814. The molecule has 0 aliphatic rings. The largest absolute Gasteiger partial charge is 0.329 e. The van der Waals surface area contributed by atoms with Crippen molar-refractivity contribution in [3.63, 3.8) is 0 Å². The molecule has 0 fully saturated rings. The number of aromatic nitrogens is 5. The first-order chi connectivity index (χ1) is 9.66. The highest BCUT2D eigenvalue weighted by atomic mass is 16.2. The quantitative estimate of drug-likeness (QED) is 0.706. The van der Waals surface area contributed by atoms with Crippen LogP contribution < -0.4 is 11.0 Å². The molecular weight excluding hydrogens is 260 g/mol. The first-order valence-corrected chi connectivity index (χ1v) is 5.96. The molecule has 0 unspecified atom stereocenters. The molecule has 0 aliphatic carbocycles. The van der Waals surface area contributed by atoms with Gasteiger partial charge in [-0.25, -0.2) is 9.89 Å². The third kappa shape index (κ3) is 1.96. The fourth-order valence-corrected chi connectivity index (χ4v) is 2.10. The molecule has 2 N–H and O–H groups in total. The zero-order chi connectivity index (χ0) is 14.1. The molecule has 0 radical (unpaired) electrons. The van der Waals surface area contributed by atoms with Crippen molar-refractivity contribution in [1.29, 1.82) is 0 Å². The van der Waals surface area contributed by atoms with Crippen molar-refractivity contribution < 1.29 is 4.79 Å². The number of aromatic amines is 1. The van der Waals surface area contributed by atoms with E-state index in [4.69, 9.17) is 0 Å². The Morgan fingerprint density at radius 3 is 2.80 bits per heavy atom. The summed E-state index contributed by atoms with van der Waals surface area (Å²) in [6.07, 6.45) is 1.29. The molecule has 0 saturated carbocycles. The van der Waals surface area contributed by atoms with Crippen molar-refractivity contribution in [3.05, 3.63) is 41.1 Å². The number of rotatable bonds is 3. The lowest BCUT2D eigenvalue weighted by molar-refractivity contribution is -0.116. The van der Waals surface area contributed by atoms with Gasteiger partial charge in [-0.05, 0) is 12.1 Å². The molecule has 3 rings (SSSR count). The van der Waals surface area contributed by atoms with E-state index in [0.29, 0.717) is 5.52 Å². The van der Waals surface area contributed by atoms with Crippen LogP contribution in [0.25, 0.3) is 11.0 Å². The Morgan fingerprint density at radius 2 is 2.10 bits per heavy atom. The Kier molecular flexibility index (Phi) is 2.82. The maximum absolute atomic E-state index is 12.1. The van der Waals surface area contributed by atoms with E-state index in [1.54, 1.807) is 13.1 Å². The van der Waals surface area contributed by atoms with E-state index in [9.17, 15) is 9.59 Å². The smallest absolute Gasteiger partial charge is 0.295 e. The van der Waals surface area contributed by atoms with E-state index in [1.807, 2.05) is 18.2 Å². The third-order valence-corrected chi connectivity index (χ3v) is 3.03. The molecule has 0 saturated heterocycles. The summed E-state index contributed by atoms with van der Waals surface area (Å²) in [5.41, 5.74) is 1.26. The predicted octanol–water partition coefficient (Wildman–Crippen LogP) is 0.0968. The minimum atomic E-state index is -0.347. The zero-order valence-electron chi connectivity index (χ0n) is 10.7. The molecule has 8 heteroatoms. The molecule has 102 valence electrons. The number of para-hydroxylation sites is 2. The molecule has 20 heavy (non-hydrogen) atoms. The number of nitrogens with zero attached hydrogens (tertiary/aromatic N) is 4. The van der Waals surface area contributed by atoms with Gasteiger partial charge in [0.1, 0.15) is 12.9 Å². The average Bonchev–Trinajstić information content (AvgIpc) is 3.03. The lowest BCUT2D eigenvalue weighted by atomic mass is 10.3. The fraction of sp³-hybridized carbons (Fsp3) is 0.167. The van der Waals surface area contributed by atoms with Gasteiger partial charge in [-0.15, -0.1) is 0 Å². The van der Waals surface area contributed by atoms with Crippen molar-refractivity contribution in [1.82, 2.24) is 24.3 Å². The minimum absolute atomic E-state index is 0.0825. The van der Waals surface area contributed by atoms with Gasteiger partial charge >= 0.3 is 5.69 Å². The van der Waals surface area contributed by atoms with Crippen molar-refractivity contribution in [2.75, 3.05) is 5.32 Å². The van der Waals surface area contributed by atoms with Crippen LogP contribution in [0.5, 0.6) is 0 Å². The number of imidazole rings is 1. The second-order valence-corrected chi connectivity index (χ2v) is 4.30. The highest BCUT2D eigenvalue weighted by Crippen LogP contribution is 2.11. The summed E-state index contributed by atoms with van der Waals surface area (Å²) < 4.78 is 2.93. The fourth-order valence-electron chi connectivity index (χ4n) is 2.10. The number of hydrogen-bond acceptors (Lipinski definition) is 4. The number of aryl methyl sites for hydroxylation is 1. The maximum atomic E-state index is 12.1. The first-order valence-electron chi connectivity index (χ1n) is 5.96. The van der Waals surface area contributed by atoms with Gasteiger partial charge in [0, 0.05) is 7.05 Å². The second kappa shape index (κ2) is 4.65. The van der Waals surface area contributed by atoms with Gasteiger partial charge in [0.25, 0.3) is 0 Å². The maximum Gasteiger partial charge on any atom is 0.329 e. The predicted molar refractivity (Wildman–Crippen MR) is 72.2 cm³/mol. The van der Waals surface area contributed by atoms with E-state index < -0.39 is 0 Å². The van der Waals surface area contributed by atoms with Gasteiger partial charge in [0.05, 0.1) is 11.0 Å². The Morgan fingerprint density at radius 1 is 1.35 bits per heavy atom. The van der Waals surface area contributed by atoms with Crippen molar-refractivity contribution >= 4 is 22.9 Å². The molecule has 1 amide bonds. The molecule has 0 bridgehead atoms. The number of amides is 1. The SMILES string of the molecule is Cn1c(=O)n(CC(=O)Nc2ncn[nH]2)c2ccccc21. The third-order valence-electron chi connectivity index (χ3n) is 3.03. The Hall–Kier alpha value is -2.90. The average molecular weight is 272 g/mol. The van der Waals surface area contributed by atoms with Crippen LogP contribution in [0.2, 0.25) is 0 Å². The molecule has 1 aromatic carbocycles. The molecule has 3 aromatic rings. The number of carbonyl (C=O) groups excluding carboxylic acids is 1. The van der Waals surface area contributed by atoms with Gasteiger partial charge in [0.15, 0.2) is 0 Å². The number of nitrogens with one attached hydrogen (secondary N) is 2. The van der Waals surface area contributed by atoms with E-state index in [0.717, 1.165) is 5.52 Å².